The Balaban J connectivity index is 0.000000204. The van der Waals surface area contributed by atoms with Gasteiger partial charge in [0.05, 0.1) is 55.6 Å². The first kappa shape index (κ1) is 89.6. The minimum Gasteiger partial charge on any atom is -0.504 e. The molecule has 0 amide bonds. The van der Waals surface area contributed by atoms with Crippen molar-refractivity contribution in [3.05, 3.63) is 127 Å². The van der Waals surface area contributed by atoms with Gasteiger partial charge in [-0.05, 0) is 60.7 Å². The zero-order chi connectivity index (χ0) is 98.0. The Kier molecular flexibility index (Phi) is 21.4. The molecule has 52 heteroatoms. The van der Waals surface area contributed by atoms with Crippen LogP contribution in [-0.2, 0) is 47.4 Å². The summed E-state index contributed by atoms with van der Waals surface area (Å²) in [4.78, 5) is 142. The summed E-state index contributed by atoms with van der Waals surface area (Å²) in [7, 11) is 0. The zero-order valence-corrected chi connectivity index (χ0v) is 65.4. The molecule has 0 radical (unpaired) electrons. The Morgan fingerprint density at radius 1 is 0.216 bits per heavy atom. The molecule has 10 atom stereocenters. The summed E-state index contributed by atoms with van der Waals surface area (Å²) in [5.74, 6) is -59.2. The Morgan fingerprint density at radius 2 is 0.418 bits per heavy atom. The molecular weight excluding hydrogens is 1820 g/mol. The number of phenols is 30. The van der Waals surface area contributed by atoms with Gasteiger partial charge in [0.2, 0.25) is 46.0 Å². The number of aliphatic hydroxyl groups excluding tert-OH is 2. The smallest absolute Gasteiger partial charge is 0.339 e. The maximum absolute atomic E-state index is 14.6. The highest BCUT2D eigenvalue weighted by atomic mass is 16.7. The SMILES string of the molecule is O=C(O[C@@H]1COC(=O)c2cc(O)c(O)c(O)c2-c2c(cc(O)c(O)c2O)C(=O)O[C@H]1[C@@H]1OC(=O)c2cc(O)c(O)c(O)c2-c2c(O)c(O)c(O)c3c2C(=O)O[C@H]1C3O)c1cc(O)c(O)c(O)c1.O=C(O[C@@H]1COC(=O)c2cc(O)c(O)c(O)c2-c2c(cc(O)c(O)c2O)C(=O)O[C@H]1[C@@H]1OC(=O)c2cc(O)c(O)c(O)c2-c2c(O)c(O)c(O)c3c2C(=O)O[C@H]1[C@H]3O)c1cc(O)c(O)c(O)c1. The monoisotopic (exact) mass is 1870 g/mol. The van der Waals surface area contributed by atoms with Crippen LogP contribution >= 0.6 is 0 Å². The molecule has 18 rings (SSSR count). The second-order valence-electron chi connectivity index (χ2n) is 29.4. The number of phenolic OH excluding ortho intramolecular Hbond substituents is 30. The lowest BCUT2D eigenvalue weighted by Gasteiger charge is -2.40. The number of esters is 10. The van der Waals surface area contributed by atoms with Crippen molar-refractivity contribution in [1.29, 1.82) is 0 Å². The third-order valence-corrected chi connectivity index (χ3v) is 21.8. The van der Waals surface area contributed by atoms with Crippen molar-refractivity contribution in [2.45, 2.75) is 61.0 Å². The summed E-state index contributed by atoms with van der Waals surface area (Å²) in [5.41, 5.74) is -22.0. The molecule has 8 aliphatic heterocycles. The number of rotatable bonds is 6. The first-order chi connectivity index (χ1) is 62.9. The van der Waals surface area contributed by atoms with Crippen molar-refractivity contribution in [3.63, 3.8) is 0 Å². The van der Waals surface area contributed by atoms with Crippen LogP contribution in [0.3, 0.4) is 0 Å². The van der Waals surface area contributed by atoms with E-state index in [1.54, 1.807) is 0 Å². The lowest BCUT2D eigenvalue weighted by atomic mass is 9.82. The van der Waals surface area contributed by atoms with Gasteiger partial charge in [-0.1, -0.05) is 0 Å². The van der Waals surface area contributed by atoms with E-state index in [9.17, 15) is 211 Å². The minimum absolute atomic E-state index is 0.331. The van der Waals surface area contributed by atoms with Gasteiger partial charge in [0.25, 0.3) is 0 Å². The van der Waals surface area contributed by atoms with Gasteiger partial charge in [0.1, 0.15) is 25.4 Å². The molecule has 52 nitrogen and oxygen atoms in total. The van der Waals surface area contributed by atoms with E-state index in [0.717, 1.165) is 0 Å². The van der Waals surface area contributed by atoms with E-state index in [4.69, 9.17) is 47.4 Å². The topological polar surface area (TPSA) is 910 Å². The van der Waals surface area contributed by atoms with E-state index in [-0.39, 0.29) is 0 Å². The number of carbonyl (C=O) groups excluding carboxylic acids is 10. The predicted molar refractivity (Wildman–Crippen MR) is 414 cm³/mol. The highest BCUT2D eigenvalue weighted by Crippen LogP contribution is 2.63. The highest BCUT2D eigenvalue weighted by Gasteiger charge is 2.58. The molecule has 0 aromatic heterocycles. The normalized spacial score (nSPS) is 19.9. The number of aliphatic hydroxyl groups is 2. The number of fused-ring (bicyclic) bond motifs is 12. The highest BCUT2D eigenvalue weighted by molar-refractivity contribution is 6.14. The number of hydrogen-bond donors (Lipinski definition) is 32. The van der Waals surface area contributed by atoms with Crippen molar-refractivity contribution in [3.8, 4) is 217 Å². The largest absolute Gasteiger partial charge is 0.504 e. The Labute approximate surface area is 734 Å². The van der Waals surface area contributed by atoms with Gasteiger partial charge >= 0.3 is 59.7 Å². The first-order valence-corrected chi connectivity index (χ1v) is 37.1. The summed E-state index contributed by atoms with van der Waals surface area (Å²) >= 11 is 0. The molecule has 0 fully saturated rings. The van der Waals surface area contributed by atoms with E-state index < -0.39 is 418 Å². The summed E-state index contributed by atoms with van der Waals surface area (Å²) in [5, 5.41) is 343. The lowest BCUT2D eigenvalue weighted by molar-refractivity contribution is -0.154. The molecule has 8 bridgehead atoms. The maximum Gasteiger partial charge on any atom is 0.339 e. The summed E-state index contributed by atoms with van der Waals surface area (Å²) in [6.07, 6.45) is -26.8. The van der Waals surface area contributed by atoms with Crippen LogP contribution in [0.5, 0.6) is 172 Å². The van der Waals surface area contributed by atoms with Crippen molar-refractivity contribution in [2.24, 2.45) is 0 Å². The molecule has 0 spiro atoms. The van der Waals surface area contributed by atoms with Gasteiger partial charge in [-0.3, -0.25) is 0 Å². The van der Waals surface area contributed by atoms with Crippen LogP contribution in [0.4, 0.5) is 0 Å². The van der Waals surface area contributed by atoms with Crippen LogP contribution in [0.25, 0.3) is 44.5 Å². The molecule has 10 aromatic rings. The number of hydrogen-bond acceptors (Lipinski definition) is 52. The van der Waals surface area contributed by atoms with E-state index >= 15 is 0 Å². The quantitative estimate of drug-likeness (QED) is 0.0646. The molecule has 696 valence electrons. The number of ether oxygens (including phenoxy) is 10. The molecule has 10 aromatic carbocycles. The Hall–Kier alpha value is -19.2. The van der Waals surface area contributed by atoms with Crippen molar-refractivity contribution >= 4 is 59.7 Å². The summed E-state index contributed by atoms with van der Waals surface area (Å²) < 4.78 is 55.1. The average Bonchev–Trinajstić information content (AvgIpc) is 0.740. The second-order valence-corrected chi connectivity index (χ2v) is 29.4. The van der Waals surface area contributed by atoms with E-state index in [1.807, 2.05) is 0 Å². The molecule has 0 aliphatic carbocycles. The average molecular weight is 1870 g/mol. The lowest BCUT2D eigenvalue weighted by Crippen LogP contribution is -2.56. The minimum atomic E-state index is -2.79. The number of carbonyl (C=O) groups is 10. The van der Waals surface area contributed by atoms with Gasteiger partial charge in [-0.2, -0.15) is 0 Å². The van der Waals surface area contributed by atoms with Crippen LogP contribution < -0.4 is 0 Å². The molecule has 8 heterocycles. The fraction of sp³-hybridized carbons (Fsp3) is 0.146. The fourth-order valence-electron chi connectivity index (χ4n) is 15.4. The van der Waals surface area contributed by atoms with E-state index in [1.165, 1.54) is 0 Å². The van der Waals surface area contributed by atoms with Crippen molar-refractivity contribution in [2.75, 3.05) is 13.2 Å². The molecule has 134 heavy (non-hydrogen) atoms. The molecular formula is C82H56O52. The fourth-order valence-corrected chi connectivity index (χ4v) is 15.4. The van der Waals surface area contributed by atoms with Gasteiger partial charge in [0.15, 0.2) is 175 Å². The van der Waals surface area contributed by atoms with Crippen molar-refractivity contribution in [1.82, 2.24) is 0 Å². The molecule has 32 N–H and O–H groups in total. The van der Waals surface area contributed by atoms with Gasteiger partial charge in [-0.25, -0.2) is 47.9 Å². The number of aromatic hydroxyl groups is 30. The van der Waals surface area contributed by atoms with Gasteiger partial charge in [-0.15, -0.1) is 0 Å². The number of cyclic esters (lactones) is 4. The Bertz CT molecular complexity index is 6530. The van der Waals surface area contributed by atoms with Gasteiger partial charge < -0.3 is 211 Å². The molecule has 0 saturated heterocycles. The molecule has 8 aliphatic rings. The third kappa shape index (κ3) is 13.9. The van der Waals surface area contributed by atoms with Crippen LogP contribution in [0, 0.1) is 0 Å². The van der Waals surface area contributed by atoms with Crippen LogP contribution in [-0.4, -0.2) is 285 Å². The molecule has 1 unspecified atom stereocenters. The first-order valence-electron chi connectivity index (χ1n) is 37.1. The summed E-state index contributed by atoms with van der Waals surface area (Å²) in [6.45, 7) is -3.01. The predicted octanol–water partition coefficient (Wildman–Crippen LogP) is 2.68. The third-order valence-electron chi connectivity index (χ3n) is 21.8. The maximum atomic E-state index is 14.6. The Morgan fingerprint density at radius 3 is 0.664 bits per heavy atom. The number of benzene rings is 10. The van der Waals surface area contributed by atoms with Crippen LogP contribution in [0.2, 0.25) is 0 Å². The molecule has 0 saturated carbocycles. The van der Waals surface area contributed by atoms with Gasteiger partial charge in [0, 0.05) is 55.6 Å². The zero-order valence-electron chi connectivity index (χ0n) is 65.4. The standard InChI is InChI=1S/2C41H28O26/c2*42-11-1-7(2-12(43)23(11)47)37(58)64-16-6-63-38(59)8-3-13(44)24(48)27(51)17(8)18-9(4-14(45)25(49)28(18)52)39(60)65-34(16)36-35-32(56)22-21(41(62)66-35)20(30(54)33(57)31(22)55)19-10(40(61)67-36)5-15(46)26(50)29(19)53/h2*1-5,16,32,34-36,42-57H,6H2/t16-,32?,34-,35+,36+;16-,32+,34-,35+,36+/m11/s1. The second kappa shape index (κ2) is 32.0. The van der Waals surface area contributed by atoms with Crippen LogP contribution in [0.1, 0.15) is 127 Å². The van der Waals surface area contributed by atoms with E-state index in [0.29, 0.717) is 60.7 Å². The summed E-state index contributed by atoms with van der Waals surface area (Å²) in [6, 6.07) is 4.30. The van der Waals surface area contributed by atoms with E-state index in [2.05, 4.69) is 0 Å². The van der Waals surface area contributed by atoms with Crippen molar-refractivity contribution < 1.29 is 259 Å². The van der Waals surface area contributed by atoms with Crippen LogP contribution in [0.15, 0.2) is 60.7 Å².